The highest BCUT2D eigenvalue weighted by molar-refractivity contribution is 5.98. The Morgan fingerprint density at radius 3 is 2.71 bits per heavy atom. The Bertz CT molecular complexity index is 715. The number of amides is 1. The number of H-pyrrole nitrogens is 1. The Morgan fingerprint density at radius 2 is 2.05 bits per heavy atom. The Kier molecular flexibility index (Phi) is 3.23. The van der Waals surface area contributed by atoms with Gasteiger partial charge in [0.25, 0.3) is 5.91 Å². The highest BCUT2D eigenvalue weighted by Crippen LogP contribution is 2.30. The van der Waals surface area contributed by atoms with Crippen molar-refractivity contribution in [2.24, 2.45) is 0 Å². The topological polar surface area (TPSA) is 36.1 Å². The van der Waals surface area contributed by atoms with Gasteiger partial charge in [-0.1, -0.05) is 6.08 Å². The van der Waals surface area contributed by atoms with E-state index in [4.69, 9.17) is 0 Å². The summed E-state index contributed by atoms with van der Waals surface area (Å²) in [4.78, 5) is 16.8. The summed E-state index contributed by atoms with van der Waals surface area (Å²) >= 11 is 0. The number of carbonyl (C=O) groups is 1. The van der Waals surface area contributed by atoms with Crippen LogP contribution in [0.15, 0.2) is 42.1 Å². The van der Waals surface area contributed by atoms with Crippen LogP contribution in [0, 0.1) is 0 Å². The molecule has 3 nitrogen and oxygen atoms in total. The fraction of sp³-hybridized carbons (Fsp3) is 0.267. The summed E-state index contributed by atoms with van der Waals surface area (Å²) in [6, 6.07) is 7.08. The summed E-state index contributed by atoms with van der Waals surface area (Å²) in [6.07, 6.45) is -1.57. The van der Waals surface area contributed by atoms with Crippen molar-refractivity contribution in [2.75, 3.05) is 13.1 Å². The number of hydrogen-bond donors (Lipinski definition) is 1. The molecule has 2 heterocycles. The van der Waals surface area contributed by atoms with Crippen molar-refractivity contribution in [3.05, 3.63) is 47.7 Å². The van der Waals surface area contributed by atoms with Crippen LogP contribution in [-0.4, -0.2) is 35.1 Å². The molecular weight excluding hydrogens is 281 g/mol. The maximum Gasteiger partial charge on any atom is 0.412 e. The molecular formula is C15H13F3N2O. The van der Waals surface area contributed by atoms with Crippen molar-refractivity contribution < 1.29 is 18.0 Å². The van der Waals surface area contributed by atoms with Gasteiger partial charge in [-0.2, -0.15) is 13.2 Å². The molecule has 0 atom stereocenters. The zero-order valence-electron chi connectivity index (χ0n) is 11.1. The second kappa shape index (κ2) is 4.95. The molecule has 21 heavy (non-hydrogen) atoms. The van der Waals surface area contributed by atoms with Crippen LogP contribution in [0.25, 0.3) is 10.9 Å². The molecule has 0 fully saturated rings. The molecule has 0 saturated heterocycles. The smallest absolute Gasteiger partial charge is 0.361 e. The molecule has 0 bridgehead atoms. The molecule has 1 amide bonds. The summed E-state index contributed by atoms with van der Waals surface area (Å²) in [6.45, 7) is 0.0915. The van der Waals surface area contributed by atoms with Crippen LogP contribution in [0.5, 0.6) is 0 Å². The van der Waals surface area contributed by atoms with Crippen LogP contribution in [0.4, 0.5) is 13.2 Å². The number of hydrogen-bond acceptors (Lipinski definition) is 1. The minimum atomic E-state index is -4.29. The largest absolute Gasteiger partial charge is 0.412 e. The van der Waals surface area contributed by atoms with Gasteiger partial charge in [0.15, 0.2) is 0 Å². The third kappa shape index (κ3) is 2.66. The number of rotatable bonds is 1. The Balaban J connectivity index is 1.79. The summed E-state index contributed by atoms with van der Waals surface area (Å²) in [5.41, 5.74) is 0.864. The molecule has 0 aliphatic carbocycles. The Labute approximate surface area is 119 Å². The molecule has 6 heteroatoms. The first-order valence-corrected chi connectivity index (χ1v) is 6.58. The van der Waals surface area contributed by atoms with Crippen molar-refractivity contribution >= 4 is 16.8 Å². The summed E-state index contributed by atoms with van der Waals surface area (Å²) in [5.74, 6) is -0.240. The molecule has 0 unspecified atom stereocenters. The van der Waals surface area contributed by atoms with Crippen molar-refractivity contribution in [1.29, 1.82) is 0 Å². The molecule has 0 radical (unpaired) electrons. The minimum Gasteiger partial charge on any atom is -0.361 e. The zero-order chi connectivity index (χ0) is 15.0. The summed E-state index contributed by atoms with van der Waals surface area (Å²) in [5, 5.41) is 0.907. The van der Waals surface area contributed by atoms with Crippen LogP contribution in [-0.2, 0) is 0 Å². The number of fused-ring (bicyclic) bond motifs is 1. The first kappa shape index (κ1) is 13.7. The van der Waals surface area contributed by atoms with Crippen LogP contribution >= 0.6 is 0 Å². The van der Waals surface area contributed by atoms with Crippen molar-refractivity contribution in [3.8, 4) is 0 Å². The molecule has 0 spiro atoms. The maximum absolute atomic E-state index is 12.6. The highest BCUT2D eigenvalue weighted by Gasteiger charge is 2.35. The maximum atomic E-state index is 12.6. The molecule has 1 N–H and O–H groups in total. The standard InChI is InChI=1S/C15H13F3N2O/c16-15(17,18)12-4-7-20(8-5-12)14(21)11-1-2-13-10(9-11)3-6-19-13/h1-4,6,9,19H,5,7-8H2. The van der Waals surface area contributed by atoms with Gasteiger partial charge in [-0.05, 0) is 30.7 Å². The van der Waals surface area contributed by atoms with Crippen LogP contribution in [0.2, 0.25) is 0 Å². The van der Waals surface area contributed by atoms with Gasteiger partial charge in [0.1, 0.15) is 0 Å². The van der Waals surface area contributed by atoms with Crippen molar-refractivity contribution in [1.82, 2.24) is 9.88 Å². The van der Waals surface area contributed by atoms with Crippen molar-refractivity contribution in [2.45, 2.75) is 12.6 Å². The second-order valence-electron chi connectivity index (χ2n) is 5.01. The van der Waals surface area contributed by atoms with E-state index in [1.807, 2.05) is 6.07 Å². The van der Waals surface area contributed by atoms with Gasteiger partial charge in [0.2, 0.25) is 0 Å². The van der Waals surface area contributed by atoms with E-state index in [2.05, 4.69) is 4.98 Å². The van der Waals surface area contributed by atoms with E-state index in [-0.39, 0.29) is 25.4 Å². The van der Waals surface area contributed by atoms with Gasteiger partial charge in [-0.3, -0.25) is 4.79 Å². The number of alkyl halides is 3. The van der Waals surface area contributed by atoms with Crippen LogP contribution in [0.3, 0.4) is 0 Å². The lowest BCUT2D eigenvalue weighted by Gasteiger charge is -2.27. The van der Waals surface area contributed by atoms with Crippen LogP contribution in [0.1, 0.15) is 16.8 Å². The monoisotopic (exact) mass is 294 g/mol. The minimum absolute atomic E-state index is 0.00114. The first-order valence-electron chi connectivity index (χ1n) is 6.58. The van der Waals surface area contributed by atoms with E-state index in [0.29, 0.717) is 5.56 Å². The van der Waals surface area contributed by atoms with Gasteiger partial charge in [-0.15, -0.1) is 0 Å². The SMILES string of the molecule is O=C(c1ccc2[nH]ccc2c1)N1CC=C(C(F)(F)F)CC1. The van der Waals surface area contributed by atoms with E-state index in [0.717, 1.165) is 17.0 Å². The number of benzene rings is 1. The lowest BCUT2D eigenvalue weighted by atomic mass is 10.1. The number of aromatic amines is 1. The predicted octanol–water partition coefficient (Wildman–Crippen LogP) is 3.50. The van der Waals surface area contributed by atoms with Gasteiger partial charge >= 0.3 is 6.18 Å². The molecule has 110 valence electrons. The quantitative estimate of drug-likeness (QED) is 0.803. The molecule has 1 aromatic heterocycles. The molecule has 1 aliphatic heterocycles. The molecule has 3 rings (SSSR count). The Hall–Kier alpha value is -2.24. The van der Waals surface area contributed by atoms with Crippen molar-refractivity contribution in [3.63, 3.8) is 0 Å². The zero-order valence-corrected chi connectivity index (χ0v) is 11.1. The number of nitrogens with zero attached hydrogens (tertiary/aromatic N) is 1. The molecule has 1 aliphatic rings. The normalized spacial score (nSPS) is 16.1. The second-order valence-corrected chi connectivity index (χ2v) is 5.01. The number of nitrogens with one attached hydrogen (secondary N) is 1. The first-order chi connectivity index (χ1) is 9.95. The molecule has 0 saturated carbocycles. The Morgan fingerprint density at radius 1 is 1.24 bits per heavy atom. The van der Waals surface area contributed by atoms with Gasteiger partial charge in [0, 0.05) is 41.3 Å². The van der Waals surface area contributed by atoms with Gasteiger partial charge < -0.3 is 9.88 Å². The van der Waals surface area contributed by atoms with E-state index in [9.17, 15) is 18.0 Å². The lowest BCUT2D eigenvalue weighted by Crippen LogP contribution is -2.36. The average molecular weight is 294 g/mol. The van der Waals surface area contributed by atoms with E-state index in [1.165, 1.54) is 4.90 Å². The number of halogens is 3. The molecule has 1 aromatic carbocycles. The van der Waals surface area contributed by atoms with Crippen LogP contribution < -0.4 is 0 Å². The van der Waals surface area contributed by atoms with Gasteiger partial charge in [0.05, 0.1) is 0 Å². The third-order valence-corrected chi connectivity index (χ3v) is 3.66. The fourth-order valence-corrected chi connectivity index (χ4v) is 2.48. The highest BCUT2D eigenvalue weighted by atomic mass is 19.4. The average Bonchev–Trinajstić information content (AvgIpc) is 2.93. The van der Waals surface area contributed by atoms with E-state index < -0.39 is 11.7 Å². The fourth-order valence-electron chi connectivity index (χ4n) is 2.48. The predicted molar refractivity (Wildman–Crippen MR) is 73.0 cm³/mol. The van der Waals surface area contributed by atoms with E-state index in [1.54, 1.807) is 24.4 Å². The third-order valence-electron chi connectivity index (χ3n) is 3.66. The summed E-state index contributed by atoms with van der Waals surface area (Å²) < 4.78 is 37.7. The number of carbonyl (C=O) groups excluding carboxylic acids is 1. The van der Waals surface area contributed by atoms with E-state index >= 15 is 0 Å². The number of aromatic nitrogens is 1. The molecule has 2 aromatic rings. The lowest BCUT2D eigenvalue weighted by molar-refractivity contribution is -0.0957. The summed E-state index contributed by atoms with van der Waals surface area (Å²) in [7, 11) is 0. The van der Waals surface area contributed by atoms with Gasteiger partial charge in [-0.25, -0.2) is 0 Å².